The second kappa shape index (κ2) is 11.3. The molecule has 162 valence electrons. The van der Waals surface area contributed by atoms with Gasteiger partial charge in [0, 0.05) is 0 Å². The summed E-state index contributed by atoms with van der Waals surface area (Å²) in [5.74, 6) is 0.728. The van der Waals surface area contributed by atoms with Crippen LogP contribution in [0.15, 0.2) is 78.4 Å². The van der Waals surface area contributed by atoms with Crippen molar-refractivity contribution in [2.24, 2.45) is 0 Å². The fraction of sp³-hybridized carbons (Fsp3) is 0.154. The minimum Gasteiger partial charge on any atom is -0.493 e. The molecule has 0 spiro atoms. The molecule has 0 aliphatic heterocycles. The maximum absolute atomic E-state index is 12.7. The van der Waals surface area contributed by atoms with Crippen molar-refractivity contribution in [1.29, 1.82) is 5.26 Å². The van der Waals surface area contributed by atoms with E-state index in [9.17, 15) is 10.1 Å². The molecule has 5 nitrogen and oxygen atoms in total. The fourth-order valence-electron chi connectivity index (χ4n) is 3.11. The minimum absolute atomic E-state index is 0.0172. The lowest BCUT2D eigenvalue weighted by atomic mass is 10.1. The third-order valence-electron chi connectivity index (χ3n) is 4.80. The fourth-order valence-corrected chi connectivity index (χ4v) is 3.89. The number of nitrogens with zero attached hydrogens (tertiary/aromatic N) is 1. The quantitative estimate of drug-likeness (QED) is 0.228. The van der Waals surface area contributed by atoms with E-state index in [0.29, 0.717) is 23.7 Å². The van der Waals surface area contributed by atoms with Crippen LogP contribution in [-0.2, 0) is 11.4 Å². The first-order valence-electron chi connectivity index (χ1n) is 10.0. The molecule has 32 heavy (non-hydrogen) atoms. The topological polar surface area (TPSA) is 71.3 Å². The molecule has 1 atom stereocenters. The zero-order valence-electron chi connectivity index (χ0n) is 17.8. The summed E-state index contributed by atoms with van der Waals surface area (Å²) in [4.78, 5) is 12.7. The number of halogens is 1. The minimum atomic E-state index is -0.428. The number of hydrogen-bond acceptors (Lipinski definition) is 4. The van der Waals surface area contributed by atoms with Crippen molar-refractivity contribution in [2.75, 3.05) is 7.11 Å². The van der Waals surface area contributed by atoms with E-state index in [1.165, 1.54) is 0 Å². The molecule has 0 radical (unpaired) electrons. The van der Waals surface area contributed by atoms with E-state index in [1.54, 1.807) is 19.3 Å². The van der Waals surface area contributed by atoms with Gasteiger partial charge < -0.3 is 14.8 Å². The van der Waals surface area contributed by atoms with Crippen LogP contribution < -0.4 is 14.8 Å². The molecule has 0 saturated heterocycles. The number of benzene rings is 3. The molecule has 3 rings (SSSR count). The Labute approximate surface area is 201 Å². The summed E-state index contributed by atoms with van der Waals surface area (Å²) in [7, 11) is 1.56. The van der Waals surface area contributed by atoms with Gasteiger partial charge in [0.05, 0.1) is 16.7 Å². The van der Waals surface area contributed by atoms with E-state index in [0.717, 1.165) is 14.7 Å². The van der Waals surface area contributed by atoms with Crippen molar-refractivity contribution >= 4 is 34.6 Å². The smallest absolute Gasteiger partial charge is 0.262 e. The van der Waals surface area contributed by atoms with E-state index >= 15 is 0 Å². The number of nitriles is 1. The number of nitrogens with one attached hydrogen (secondary N) is 1. The highest BCUT2D eigenvalue weighted by Gasteiger charge is 2.16. The second-order valence-electron chi connectivity index (χ2n) is 7.08. The van der Waals surface area contributed by atoms with Crippen molar-refractivity contribution in [3.05, 3.63) is 98.6 Å². The molecular formula is C26H23IN2O3. The van der Waals surface area contributed by atoms with Gasteiger partial charge in [-0.3, -0.25) is 4.79 Å². The van der Waals surface area contributed by atoms with Crippen LogP contribution in [0.5, 0.6) is 11.5 Å². The lowest BCUT2D eigenvalue weighted by Gasteiger charge is -2.15. The molecule has 0 fully saturated rings. The Balaban J connectivity index is 1.79. The van der Waals surface area contributed by atoms with Crippen LogP contribution in [-0.4, -0.2) is 13.0 Å². The first kappa shape index (κ1) is 23.4. The number of ether oxygens (including phenoxy) is 2. The summed E-state index contributed by atoms with van der Waals surface area (Å²) in [6, 6.07) is 24.9. The van der Waals surface area contributed by atoms with Gasteiger partial charge in [-0.15, -0.1) is 0 Å². The Hall–Kier alpha value is -3.31. The third-order valence-corrected chi connectivity index (χ3v) is 5.60. The Morgan fingerprint density at radius 3 is 2.41 bits per heavy atom. The summed E-state index contributed by atoms with van der Waals surface area (Å²) in [6.45, 7) is 2.29. The molecule has 0 aliphatic carbocycles. The van der Waals surface area contributed by atoms with Gasteiger partial charge in [0.2, 0.25) is 0 Å². The molecule has 1 amide bonds. The second-order valence-corrected chi connectivity index (χ2v) is 8.25. The van der Waals surface area contributed by atoms with Crippen LogP contribution in [0.4, 0.5) is 0 Å². The number of carbonyl (C=O) groups excluding carboxylic acids is 1. The van der Waals surface area contributed by atoms with Gasteiger partial charge in [-0.2, -0.15) is 5.26 Å². The Kier molecular flexibility index (Phi) is 8.28. The van der Waals surface area contributed by atoms with E-state index in [2.05, 4.69) is 27.9 Å². The zero-order valence-corrected chi connectivity index (χ0v) is 20.0. The third kappa shape index (κ3) is 6.11. The molecule has 1 N–H and O–H groups in total. The molecule has 6 heteroatoms. The van der Waals surface area contributed by atoms with E-state index in [-0.39, 0.29) is 11.6 Å². The number of rotatable bonds is 8. The number of amides is 1. The summed E-state index contributed by atoms with van der Waals surface area (Å²) < 4.78 is 12.3. The summed E-state index contributed by atoms with van der Waals surface area (Å²) in [5.41, 5.74) is 2.71. The van der Waals surface area contributed by atoms with Crippen LogP contribution in [0.1, 0.15) is 29.7 Å². The van der Waals surface area contributed by atoms with E-state index in [1.807, 2.05) is 79.7 Å². The molecule has 0 bridgehead atoms. The lowest BCUT2D eigenvalue weighted by molar-refractivity contribution is -0.117. The van der Waals surface area contributed by atoms with Gasteiger partial charge in [-0.1, -0.05) is 60.7 Å². The summed E-state index contributed by atoms with van der Waals surface area (Å²) >= 11 is 2.16. The van der Waals surface area contributed by atoms with Gasteiger partial charge in [-0.05, 0) is 64.4 Å². The van der Waals surface area contributed by atoms with Crippen LogP contribution in [0.3, 0.4) is 0 Å². The Morgan fingerprint density at radius 2 is 1.78 bits per heavy atom. The predicted octanol–water partition coefficient (Wildman–Crippen LogP) is 5.66. The molecule has 3 aromatic carbocycles. The van der Waals surface area contributed by atoms with Crippen LogP contribution in [0.2, 0.25) is 0 Å². The average molecular weight is 538 g/mol. The standard InChI is InChI=1S/C26H23IN2O3/c1-18(21-11-7-4-8-12-21)29-26(30)22(16-28)13-20-14-23(27)25(24(15-20)31-2)32-17-19-9-5-3-6-10-19/h3-15,18H,17H2,1-2H3,(H,29,30)/b22-13-/t18-/m1/s1. The number of methoxy groups -OCH3 is 1. The van der Waals surface area contributed by atoms with Crippen molar-refractivity contribution < 1.29 is 14.3 Å². The van der Waals surface area contributed by atoms with Gasteiger partial charge in [0.15, 0.2) is 11.5 Å². The van der Waals surface area contributed by atoms with Crippen molar-refractivity contribution in [3.8, 4) is 17.6 Å². The highest BCUT2D eigenvalue weighted by atomic mass is 127. The predicted molar refractivity (Wildman–Crippen MR) is 133 cm³/mol. The van der Waals surface area contributed by atoms with Crippen LogP contribution >= 0.6 is 22.6 Å². The number of hydrogen-bond donors (Lipinski definition) is 1. The maximum atomic E-state index is 12.7. The monoisotopic (exact) mass is 538 g/mol. The first-order valence-corrected chi connectivity index (χ1v) is 11.1. The highest BCUT2D eigenvalue weighted by molar-refractivity contribution is 14.1. The molecule has 3 aromatic rings. The molecule has 0 unspecified atom stereocenters. The number of carbonyl (C=O) groups is 1. The van der Waals surface area contributed by atoms with Crippen LogP contribution in [0, 0.1) is 14.9 Å². The summed E-state index contributed by atoms with van der Waals surface area (Å²) in [5, 5.41) is 12.4. The molecule has 0 aromatic heterocycles. The average Bonchev–Trinajstić information content (AvgIpc) is 2.82. The molecule has 0 heterocycles. The van der Waals surface area contributed by atoms with Crippen molar-refractivity contribution in [2.45, 2.75) is 19.6 Å². The van der Waals surface area contributed by atoms with Crippen LogP contribution in [0.25, 0.3) is 6.08 Å². The molecule has 0 saturated carbocycles. The van der Waals surface area contributed by atoms with Crippen molar-refractivity contribution in [3.63, 3.8) is 0 Å². The largest absolute Gasteiger partial charge is 0.493 e. The van der Waals surface area contributed by atoms with E-state index < -0.39 is 5.91 Å². The Bertz CT molecular complexity index is 1140. The first-order chi connectivity index (χ1) is 15.5. The van der Waals surface area contributed by atoms with Gasteiger partial charge in [0.25, 0.3) is 5.91 Å². The van der Waals surface area contributed by atoms with Crippen molar-refractivity contribution in [1.82, 2.24) is 5.32 Å². The molecule has 0 aliphatic rings. The molecular weight excluding hydrogens is 515 g/mol. The normalized spacial score (nSPS) is 11.9. The zero-order chi connectivity index (χ0) is 22.9. The van der Waals surface area contributed by atoms with Gasteiger partial charge in [0.1, 0.15) is 18.2 Å². The van der Waals surface area contributed by atoms with Gasteiger partial charge in [-0.25, -0.2) is 0 Å². The SMILES string of the molecule is COc1cc(/C=C(/C#N)C(=O)N[C@H](C)c2ccccc2)cc(I)c1OCc1ccccc1. The maximum Gasteiger partial charge on any atom is 0.262 e. The highest BCUT2D eigenvalue weighted by Crippen LogP contribution is 2.35. The lowest BCUT2D eigenvalue weighted by Crippen LogP contribution is -2.27. The van der Waals surface area contributed by atoms with E-state index in [4.69, 9.17) is 9.47 Å². The summed E-state index contributed by atoms with van der Waals surface area (Å²) in [6.07, 6.45) is 1.55. The Morgan fingerprint density at radius 1 is 1.12 bits per heavy atom. The van der Waals surface area contributed by atoms with Gasteiger partial charge >= 0.3 is 0 Å².